The summed E-state index contributed by atoms with van der Waals surface area (Å²) in [7, 11) is 0. The van der Waals surface area contributed by atoms with E-state index in [2.05, 4.69) is 0 Å². The Balaban J connectivity index is 1.84. The number of rotatable bonds is 3. The maximum absolute atomic E-state index is 13.0. The molecule has 0 N–H and O–H groups in total. The molecule has 0 atom stereocenters. The lowest BCUT2D eigenvalue weighted by Gasteiger charge is -2.04. The van der Waals surface area contributed by atoms with Gasteiger partial charge in [0.05, 0.1) is 11.3 Å². The number of benzene rings is 2. The van der Waals surface area contributed by atoms with Crippen LogP contribution in [-0.2, 0) is 6.61 Å². The fourth-order valence-corrected chi connectivity index (χ4v) is 2.12. The second kappa shape index (κ2) is 4.94. The number of fused-ring (bicyclic) bond motifs is 1. The van der Waals surface area contributed by atoms with E-state index in [1.807, 2.05) is 12.1 Å². The van der Waals surface area contributed by atoms with Gasteiger partial charge < -0.3 is 9.15 Å². The van der Waals surface area contributed by atoms with Gasteiger partial charge in [-0.3, -0.25) is 0 Å². The molecular formula is C15H10ClFO2. The van der Waals surface area contributed by atoms with Gasteiger partial charge >= 0.3 is 0 Å². The van der Waals surface area contributed by atoms with Crippen LogP contribution in [0.25, 0.3) is 11.0 Å². The molecule has 0 aliphatic carbocycles. The maximum Gasteiger partial charge on any atom is 0.152 e. The second-order valence-corrected chi connectivity index (χ2v) is 4.53. The van der Waals surface area contributed by atoms with Gasteiger partial charge in [-0.15, -0.1) is 0 Å². The Morgan fingerprint density at radius 2 is 2.00 bits per heavy atom. The van der Waals surface area contributed by atoms with Crippen molar-refractivity contribution in [2.45, 2.75) is 6.61 Å². The number of hydrogen-bond donors (Lipinski definition) is 0. The molecule has 0 saturated carbocycles. The summed E-state index contributed by atoms with van der Waals surface area (Å²) >= 11 is 6.02. The smallest absolute Gasteiger partial charge is 0.152 e. The molecule has 2 nitrogen and oxygen atoms in total. The maximum atomic E-state index is 13.0. The normalized spacial score (nSPS) is 10.8. The van der Waals surface area contributed by atoms with E-state index in [-0.39, 0.29) is 5.82 Å². The summed E-state index contributed by atoms with van der Waals surface area (Å²) in [5.41, 5.74) is 1.52. The van der Waals surface area contributed by atoms with E-state index >= 15 is 0 Å². The second-order valence-electron chi connectivity index (χ2n) is 4.12. The largest absolute Gasteiger partial charge is 0.489 e. The minimum absolute atomic E-state index is 0.302. The molecule has 96 valence electrons. The minimum atomic E-state index is -0.322. The van der Waals surface area contributed by atoms with Crippen LogP contribution in [-0.4, -0.2) is 0 Å². The van der Waals surface area contributed by atoms with E-state index in [4.69, 9.17) is 20.8 Å². The molecule has 4 heteroatoms. The van der Waals surface area contributed by atoms with Gasteiger partial charge in [-0.05, 0) is 18.2 Å². The summed E-state index contributed by atoms with van der Waals surface area (Å²) in [6.07, 6.45) is 1.61. The minimum Gasteiger partial charge on any atom is -0.489 e. The van der Waals surface area contributed by atoms with Crippen LogP contribution < -0.4 is 4.74 Å². The third-order valence-electron chi connectivity index (χ3n) is 2.82. The molecule has 0 bridgehead atoms. The monoisotopic (exact) mass is 276 g/mol. The molecule has 0 unspecified atom stereocenters. The Morgan fingerprint density at radius 3 is 2.84 bits per heavy atom. The average Bonchev–Trinajstić information content (AvgIpc) is 2.81. The van der Waals surface area contributed by atoms with E-state index in [9.17, 15) is 4.39 Å². The molecule has 0 spiro atoms. The zero-order chi connectivity index (χ0) is 13.2. The quantitative estimate of drug-likeness (QED) is 0.685. The number of furan rings is 1. The van der Waals surface area contributed by atoms with Crippen LogP contribution in [0.15, 0.2) is 53.1 Å². The van der Waals surface area contributed by atoms with Crippen molar-refractivity contribution >= 4 is 22.6 Å². The first-order valence-electron chi connectivity index (χ1n) is 5.77. The number of ether oxygens (including phenoxy) is 1. The topological polar surface area (TPSA) is 22.4 Å². The van der Waals surface area contributed by atoms with Gasteiger partial charge in [0, 0.05) is 17.0 Å². The predicted octanol–water partition coefficient (Wildman–Crippen LogP) is 4.80. The highest BCUT2D eigenvalue weighted by Crippen LogP contribution is 2.28. The number of halogens is 2. The number of hydrogen-bond acceptors (Lipinski definition) is 2. The molecule has 19 heavy (non-hydrogen) atoms. The van der Waals surface area contributed by atoms with Gasteiger partial charge in [0.15, 0.2) is 5.58 Å². The van der Waals surface area contributed by atoms with E-state index in [1.54, 1.807) is 24.5 Å². The molecule has 1 aromatic heterocycles. The van der Waals surface area contributed by atoms with Crippen molar-refractivity contribution in [3.63, 3.8) is 0 Å². The van der Waals surface area contributed by atoms with Gasteiger partial charge in [0.1, 0.15) is 18.2 Å². The highest BCUT2D eigenvalue weighted by molar-refractivity contribution is 6.34. The molecule has 3 aromatic rings. The van der Waals surface area contributed by atoms with Crippen LogP contribution in [0.2, 0.25) is 5.02 Å². The van der Waals surface area contributed by atoms with Crippen molar-refractivity contribution in [1.82, 2.24) is 0 Å². The zero-order valence-corrected chi connectivity index (χ0v) is 10.7. The van der Waals surface area contributed by atoms with Crippen LogP contribution in [0.5, 0.6) is 5.75 Å². The van der Waals surface area contributed by atoms with Crippen LogP contribution in [0.4, 0.5) is 4.39 Å². The van der Waals surface area contributed by atoms with Crippen molar-refractivity contribution in [3.05, 3.63) is 65.1 Å². The van der Waals surface area contributed by atoms with Crippen molar-refractivity contribution in [3.8, 4) is 5.75 Å². The highest BCUT2D eigenvalue weighted by Gasteiger charge is 2.09. The van der Waals surface area contributed by atoms with E-state index in [1.165, 1.54) is 12.1 Å². The van der Waals surface area contributed by atoms with Crippen LogP contribution in [0.1, 0.15) is 5.56 Å². The molecular weight excluding hydrogens is 267 g/mol. The average molecular weight is 277 g/mol. The summed E-state index contributed by atoms with van der Waals surface area (Å²) < 4.78 is 24.0. The fraction of sp³-hybridized carbons (Fsp3) is 0.0667. The van der Waals surface area contributed by atoms with Gasteiger partial charge in [-0.1, -0.05) is 29.8 Å². The van der Waals surface area contributed by atoms with Gasteiger partial charge in [-0.25, -0.2) is 4.39 Å². The summed E-state index contributed by atoms with van der Waals surface area (Å²) in [6, 6.07) is 11.6. The Bertz CT molecular complexity index is 721. The summed E-state index contributed by atoms with van der Waals surface area (Å²) in [5, 5.41) is 1.47. The molecule has 0 aliphatic rings. The van der Waals surface area contributed by atoms with Crippen molar-refractivity contribution in [2.75, 3.05) is 0 Å². The van der Waals surface area contributed by atoms with Crippen molar-refractivity contribution < 1.29 is 13.5 Å². The molecule has 0 saturated heterocycles. The Morgan fingerprint density at radius 1 is 1.16 bits per heavy atom. The first-order chi connectivity index (χ1) is 9.24. The van der Waals surface area contributed by atoms with Crippen LogP contribution >= 0.6 is 11.6 Å². The third kappa shape index (κ3) is 2.42. The molecule has 3 rings (SSSR count). The first-order valence-corrected chi connectivity index (χ1v) is 6.15. The van der Waals surface area contributed by atoms with Gasteiger partial charge in [0.2, 0.25) is 0 Å². The lowest BCUT2D eigenvalue weighted by molar-refractivity contribution is 0.304. The Hall–Kier alpha value is -2.00. The third-order valence-corrected chi connectivity index (χ3v) is 3.12. The van der Waals surface area contributed by atoms with E-state index in [0.717, 1.165) is 10.9 Å². The van der Waals surface area contributed by atoms with E-state index < -0.39 is 0 Å². The molecule has 0 amide bonds. The predicted molar refractivity (Wildman–Crippen MR) is 72.0 cm³/mol. The Labute approximate surface area is 114 Å². The van der Waals surface area contributed by atoms with Gasteiger partial charge in [0.25, 0.3) is 0 Å². The standard InChI is InChI=1S/C15H10ClFO2/c16-14-6-2-5-13-10(9-19-15(13)14)8-18-12-4-1-3-11(17)7-12/h1-7,9H,8H2. The molecule has 1 heterocycles. The van der Waals surface area contributed by atoms with Crippen molar-refractivity contribution in [1.29, 1.82) is 0 Å². The summed E-state index contributed by atoms with van der Waals surface area (Å²) in [4.78, 5) is 0. The van der Waals surface area contributed by atoms with Crippen LogP contribution in [0.3, 0.4) is 0 Å². The Kier molecular flexibility index (Phi) is 3.13. The molecule has 0 aliphatic heterocycles. The molecule has 0 radical (unpaired) electrons. The van der Waals surface area contributed by atoms with E-state index in [0.29, 0.717) is 23.0 Å². The SMILES string of the molecule is Fc1cccc(OCc2coc3c(Cl)cccc23)c1. The summed E-state index contributed by atoms with van der Waals surface area (Å²) in [5.74, 6) is 0.161. The first kappa shape index (κ1) is 12.1. The summed E-state index contributed by atoms with van der Waals surface area (Å²) in [6.45, 7) is 0.302. The molecule has 2 aromatic carbocycles. The lowest BCUT2D eigenvalue weighted by Crippen LogP contribution is -1.94. The van der Waals surface area contributed by atoms with Crippen molar-refractivity contribution in [2.24, 2.45) is 0 Å². The van der Waals surface area contributed by atoms with Gasteiger partial charge in [-0.2, -0.15) is 0 Å². The number of para-hydroxylation sites is 1. The lowest BCUT2D eigenvalue weighted by atomic mass is 10.2. The zero-order valence-electron chi connectivity index (χ0n) is 9.90. The fourth-order valence-electron chi connectivity index (χ4n) is 1.90. The van der Waals surface area contributed by atoms with Crippen LogP contribution in [0, 0.1) is 5.82 Å². The highest BCUT2D eigenvalue weighted by atomic mass is 35.5. The molecule has 0 fully saturated rings.